The van der Waals surface area contributed by atoms with Gasteiger partial charge in [-0.05, 0) is 84.4 Å². The Bertz CT molecular complexity index is 2310. The van der Waals surface area contributed by atoms with Crippen molar-refractivity contribution in [3.05, 3.63) is 151 Å². The van der Waals surface area contributed by atoms with E-state index in [0.29, 0.717) is 11.6 Å². The fourth-order valence-electron chi connectivity index (χ4n) is 6.00. The average Bonchev–Trinajstić information content (AvgIpc) is 3.07. The second-order valence-electron chi connectivity index (χ2n) is 10.6. The van der Waals surface area contributed by atoms with Gasteiger partial charge in [0.05, 0.1) is 0 Å². The van der Waals surface area contributed by atoms with Gasteiger partial charge in [-0.2, -0.15) is 9.97 Å². The highest BCUT2D eigenvalue weighted by Gasteiger charge is 2.16. The fourth-order valence-corrected chi connectivity index (χ4v) is 6.16. The number of fused-ring (bicyclic) bond motifs is 3. The highest BCUT2D eigenvalue weighted by atomic mass is 35.5. The number of benzene rings is 7. The van der Waals surface area contributed by atoms with Crippen LogP contribution < -0.4 is 0 Å². The molecule has 1 heterocycles. The molecule has 0 bridgehead atoms. The molecule has 7 aromatic carbocycles. The summed E-state index contributed by atoms with van der Waals surface area (Å²) in [5.41, 5.74) is 6.38. The van der Waals surface area contributed by atoms with Gasteiger partial charge in [-0.25, -0.2) is 4.98 Å². The lowest BCUT2D eigenvalue weighted by atomic mass is 9.92. The van der Waals surface area contributed by atoms with Crippen molar-refractivity contribution in [3.63, 3.8) is 0 Å². The highest BCUT2D eigenvalue weighted by Crippen LogP contribution is 2.38. The van der Waals surface area contributed by atoms with E-state index in [0.717, 1.165) is 44.0 Å². The van der Waals surface area contributed by atoms with Crippen LogP contribution in [-0.2, 0) is 0 Å². The zero-order chi connectivity index (χ0) is 28.8. The average molecular weight is 570 g/mol. The Morgan fingerprint density at radius 3 is 1.79 bits per heavy atom. The Morgan fingerprint density at radius 1 is 0.349 bits per heavy atom. The Hall–Kier alpha value is -5.38. The normalized spacial score (nSPS) is 11.4. The third-order valence-corrected chi connectivity index (χ3v) is 8.21. The molecule has 0 radical (unpaired) electrons. The number of halogens is 1. The molecule has 0 spiro atoms. The standard InChI is InChI=1S/C39H24ClN3/c40-39-42-37(41-38(43-39)34-19-9-15-27-20-21-28(23-35(27)34)25-10-2-1-3-11-25)30-22-29-13-5-7-17-32(29)36(24-30)33-18-8-14-26-12-4-6-16-31(26)33/h1-24H. The first-order chi connectivity index (χ1) is 21.2. The zero-order valence-electron chi connectivity index (χ0n) is 23.1. The van der Waals surface area contributed by atoms with Gasteiger partial charge in [0.25, 0.3) is 0 Å². The molecule has 3 nitrogen and oxygen atoms in total. The van der Waals surface area contributed by atoms with Gasteiger partial charge in [-0.3, -0.25) is 0 Å². The monoisotopic (exact) mass is 569 g/mol. The lowest BCUT2D eigenvalue weighted by molar-refractivity contribution is 1.07. The smallest absolute Gasteiger partial charge is 0.208 e. The first-order valence-corrected chi connectivity index (χ1v) is 14.6. The molecule has 4 heteroatoms. The molecule has 0 aliphatic carbocycles. The van der Waals surface area contributed by atoms with Crippen LogP contribution in [0.15, 0.2) is 146 Å². The van der Waals surface area contributed by atoms with E-state index < -0.39 is 0 Å². The van der Waals surface area contributed by atoms with Gasteiger partial charge in [0.2, 0.25) is 5.28 Å². The van der Waals surface area contributed by atoms with E-state index in [1.807, 2.05) is 12.1 Å². The molecule has 0 aliphatic heterocycles. The van der Waals surface area contributed by atoms with Crippen LogP contribution in [-0.4, -0.2) is 15.0 Å². The summed E-state index contributed by atoms with van der Waals surface area (Å²) >= 11 is 6.62. The van der Waals surface area contributed by atoms with Crippen LogP contribution in [0, 0.1) is 0 Å². The summed E-state index contributed by atoms with van der Waals surface area (Å²) in [6.45, 7) is 0. The summed E-state index contributed by atoms with van der Waals surface area (Å²) in [4.78, 5) is 14.3. The maximum Gasteiger partial charge on any atom is 0.226 e. The van der Waals surface area contributed by atoms with E-state index >= 15 is 0 Å². The van der Waals surface area contributed by atoms with Gasteiger partial charge < -0.3 is 0 Å². The summed E-state index contributed by atoms with van der Waals surface area (Å²) in [5.74, 6) is 1.09. The van der Waals surface area contributed by atoms with E-state index in [9.17, 15) is 0 Å². The molecule has 0 fully saturated rings. The Balaban J connectivity index is 1.32. The van der Waals surface area contributed by atoms with E-state index in [-0.39, 0.29) is 5.28 Å². The van der Waals surface area contributed by atoms with Crippen molar-refractivity contribution in [2.45, 2.75) is 0 Å². The van der Waals surface area contributed by atoms with Gasteiger partial charge in [0, 0.05) is 11.1 Å². The largest absolute Gasteiger partial charge is 0.226 e. The van der Waals surface area contributed by atoms with Gasteiger partial charge in [-0.15, -0.1) is 0 Å². The van der Waals surface area contributed by atoms with Crippen molar-refractivity contribution < 1.29 is 0 Å². The molecule has 8 aromatic rings. The molecular weight excluding hydrogens is 546 g/mol. The van der Waals surface area contributed by atoms with Crippen molar-refractivity contribution in [1.82, 2.24) is 15.0 Å². The quantitative estimate of drug-likeness (QED) is 0.211. The second kappa shape index (κ2) is 10.5. The number of hydrogen-bond acceptors (Lipinski definition) is 3. The van der Waals surface area contributed by atoms with Crippen molar-refractivity contribution >= 4 is 43.9 Å². The van der Waals surface area contributed by atoms with Gasteiger partial charge in [0.15, 0.2) is 11.6 Å². The minimum Gasteiger partial charge on any atom is -0.208 e. The van der Waals surface area contributed by atoms with E-state index in [1.165, 1.54) is 21.7 Å². The SMILES string of the molecule is Clc1nc(-c2cc(-c3cccc4ccccc34)c3ccccc3c2)nc(-c2cccc3ccc(-c4ccccc4)cc23)n1. The number of rotatable bonds is 4. The van der Waals surface area contributed by atoms with E-state index in [2.05, 4.69) is 143 Å². The first-order valence-electron chi connectivity index (χ1n) is 14.2. The number of nitrogens with zero attached hydrogens (tertiary/aromatic N) is 3. The van der Waals surface area contributed by atoms with Crippen LogP contribution in [0.1, 0.15) is 0 Å². The highest BCUT2D eigenvalue weighted by molar-refractivity contribution is 6.28. The van der Waals surface area contributed by atoms with Crippen LogP contribution in [0.25, 0.3) is 77.3 Å². The van der Waals surface area contributed by atoms with Gasteiger partial charge >= 0.3 is 0 Å². The molecule has 43 heavy (non-hydrogen) atoms. The molecule has 202 valence electrons. The summed E-state index contributed by atoms with van der Waals surface area (Å²) < 4.78 is 0. The van der Waals surface area contributed by atoms with Crippen LogP contribution in [0.4, 0.5) is 0 Å². The molecule has 0 saturated carbocycles. The van der Waals surface area contributed by atoms with Gasteiger partial charge in [-0.1, -0.05) is 127 Å². The predicted molar refractivity (Wildman–Crippen MR) is 179 cm³/mol. The molecule has 0 N–H and O–H groups in total. The van der Waals surface area contributed by atoms with E-state index in [1.54, 1.807) is 0 Å². The Labute approximate surface area is 254 Å². The molecule has 1 aromatic heterocycles. The minimum absolute atomic E-state index is 0.163. The molecule has 8 rings (SSSR count). The maximum absolute atomic E-state index is 6.62. The zero-order valence-corrected chi connectivity index (χ0v) is 23.8. The van der Waals surface area contributed by atoms with Crippen molar-refractivity contribution in [3.8, 4) is 45.0 Å². The number of hydrogen-bond donors (Lipinski definition) is 0. The van der Waals surface area contributed by atoms with Crippen molar-refractivity contribution in [1.29, 1.82) is 0 Å². The summed E-state index contributed by atoms with van der Waals surface area (Å²) in [5, 5.41) is 7.02. The molecule has 0 saturated heterocycles. The molecule has 0 atom stereocenters. The summed E-state index contributed by atoms with van der Waals surface area (Å²) in [6.07, 6.45) is 0. The van der Waals surface area contributed by atoms with E-state index in [4.69, 9.17) is 16.6 Å². The Kier molecular flexibility index (Phi) is 6.17. The fraction of sp³-hybridized carbons (Fsp3) is 0. The van der Waals surface area contributed by atoms with Crippen LogP contribution in [0.3, 0.4) is 0 Å². The second-order valence-corrected chi connectivity index (χ2v) is 11.0. The summed E-state index contributed by atoms with van der Waals surface area (Å²) in [7, 11) is 0. The van der Waals surface area contributed by atoms with Crippen LogP contribution >= 0.6 is 11.6 Å². The molecule has 0 aliphatic rings. The third-order valence-electron chi connectivity index (χ3n) is 8.04. The number of aromatic nitrogens is 3. The lowest BCUT2D eigenvalue weighted by Crippen LogP contribution is -1.98. The predicted octanol–water partition coefficient (Wildman–Crippen LogP) is 10.7. The lowest BCUT2D eigenvalue weighted by Gasteiger charge is -2.14. The topological polar surface area (TPSA) is 38.7 Å². The molecule has 0 amide bonds. The van der Waals surface area contributed by atoms with Crippen LogP contribution in [0.5, 0.6) is 0 Å². The van der Waals surface area contributed by atoms with Crippen molar-refractivity contribution in [2.75, 3.05) is 0 Å². The molecule has 0 unspecified atom stereocenters. The van der Waals surface area contributed by atoms with Crippen LogP contribution in [0.2, 0.25) is 5.28 Å². The maximum atomic E-state index is 6.62. The third kappa shape index (κ3) is 4.61. The Morgan fingerprint density at radius 2 is 0.977 bits per heavy atom. The van der Waals surface area contributed by atoms with Gasteiger partial charge in [0.1, 0.15) is 0 Å². The minimum atomic E-state index is 0.163. The summed E-state index contributed by atoms with van der Waals surface area (Å²) in [6, 6.07) is 50.7. The molecular formula is C39H24ClN3. The van der Waals surface area contributed by atoms with Crippen molar-refractivity contribution in [2.24, 2.45) is 0 Å². The first kappa shape index (κ1) is 25.3.